The van der Waals surface area contributed by atoms with Crippen LogP contribution in [0, 0.1) is 0 Å². The average molecular weight is 291 g/mol. The Hall–Kier alpha value is -1.39. The summed E-state index contributed by atoms with van der Waals surface area (Å²) in [6, 6.07) is 9.87. The molecule has 1 unspecified atom stereocenters. The maximum absolute atomic E-state index is 12.5. The summed E-state index contributed by atoms with van der Waals surface area (Å²) in [5.41, 5.74) is 0.170. The normalized spacial score (nSPS) is 18.7. The number of amides is 1. The van der Waals surface area contributed by atoms with Gasteiger partial charge in [0.2, 0.25) is 5.91 Å². The van der Waals surface area contributed by atoms with Gasteiger partial charge in [-0.15, -0.1) is 0 Å². The number of nitrogens with zero attached hydrogens (tertiary/aromatic N) is 1. The van der Waals surface area contributed by atoms with E-state index in [1.165, 1.54) is 0 Å². The predicted octanol–water partition coefficient (Wildman–Crippen LogP) is 2.36. The highest BCUT2D eigenvalue weighted by Gasteiger charge is 2.26. The minimum atomic E-state index is -0.902. The Labute approximate surface area is 126 Å². The molecule has 2 rings (SSSR count). The third kappa shape index (κ3) is 5.48. The standard InChI is InChI=1S/C17H25NO3/c1-17(2,20)13-18(12-14-7-4-3-5-8-14)16(19)11-15-9-6-10-21-15/h3-5,7-8,15,20H,6,9-13H2,1-2H3. The third-order valence-corrected chi connectivity index (χ3v) is 3.57. The molecule has 21 heavy (non-hydrogen) atoms. The molecule has 1 amide bonds. The summed E-state index contributed by atoms with van der Waals surface area (Å²) in [5, 5.41) is 10.1. The largest absolute Gasteiger partial charge is 0.389 e. The average Bonchev–Trinajstić information content (AvgIpc) is 2.90. The first-order valence-corrected chi connectivity index (χ1v) is 7.60. The molecule has 1 N–H and O–H groups in total. The zero-order valence-electron chi connectivity index (χ0n) is 12.9. The number of carbonyl (C=O) groups is 1. The van der Waals surface area contributed by atoms with Crippen LogP contribution in [-0.2, 0) is 16.1 Å². The molecule has 0 saturated carbocycles. The maximum atomic E-state index is 12.5. The second kappa shape index (κ2) is 7.05. The molecule has 0 radical (unpaired) electrons. The topological polar surface area (TPSA) is 49.8 Å². The van der Waals surface area contributed by atoms with Gasteiger partial charge in [-0.2, -0.15) is 0 Å². The van der Waals surface area contributed by atoms with Crippen molar-refractivity contribution in [3.05, 3.63) is 35.9 Å². The quantitative estimate of drug-likeness (QED) is 0.875. The first kappa shape index (κ1) is 16.0. The van der Waals surface area contributed by atoms with Gasteiger partial charge in [0.05, 0.1) is 18.1 Å². The van der Waals surface area contributed by atoms with Crippen molar-refractivity contribution in [2.45, 2.75) is 51.4 Å². The van der Waals surface area contributed by atoms with Crippen LogP contribution in [-0.4, -0.2) is 40.8 Å². The number of rotatable bonds is 6. The Morgan fingerprint density at radius 2 is 2.10 bits per heavy atom. The molecule has 0 spiro atoms. The van der Waals surface area contributed by atoms with E-state index in [0.717, 1.165) is 25.0 Å². The monoisotopic (exact) mass is 291 g/mol. The first-order valence-electron chi connectivity index (χ1n) is 7.60. The molecule has 0 bridgehead atoms. The number of hydrogen-bond donors (Lipinski definition) is 1. The molecule has 0 aromatic heterocycles. The van der Waals surface area contributed by atoms with Crippen LogP contribution in [0.2, 0.25) is 0 Å². The summed E-state index contributed by atoms with van der Waals surface area (Å²) in [6.07, 6.45) is 2.43. The van der Waals surface area contributed by atoms with Crippen LogP contribution >= 0.6 is 0 Å². The van der Waals surface area contributed by atoms with E-state index in [1.54, 1.807) is 18.7 Å². The zero-order chi connectivity index (χ0) is 15.3. The lowest BCUT2D eigenvalue weighted by atomic mass is 10.1. The summed E-state index contributed by atoms with van der Waals surface area (Å²) >= 11 is 0. The maximum Gasteiger partial charge on any atom is 0.225 e. The molecular weight excluding hydrogens is 266 g/mol. The number of ether oxygens (including phenoxy) is 1. The van der Waals surface area contributed by atoms with Crippen molar-refractivity contribution in [1.82, 2.24) is 4.90 Å². The van der Waals surface area contributed by atoms with Crippen LogP contribution in [0.4, 0.5) is 0 Å². The van der Waals surface area contributed by atoms with Crippen LogP contribution in [0.25, 0.3) is 0 Å². The van der Waals surface area contributed by atoms with E-state index in [4.69, 9.17) is 4.74 Å². The van der Waals surface area contributed by atoms with Gasteiger partial charge in [-0.3, -0.25) is 4.79 Å². The van der Waals surface area contributed by atoms with Gasteiger partial charge in [0.1, 0.15) is 0 Å². The highest BCUT2D eigenvalue weighted by atomic mass is 16.5. The Morgan fingerprint density at radius 3 is 2.67 bits per heavy atom. The molecule has 1 aromatic carbocycles. The lowest BCUT2D eigenvalue weighted by molar-refractivity contribution is -0.137. The summed E-state index contributed by atoms with van der Waals surface area (Å²) in [4.78, 5) is 14.2. The van der Waals surface area contributed by atoms with Crippen molar-refractivity contribution >= 4 is 5.91 Å². The van der Waals surface area contributed by atoms with Crippen molar-refractivity contribution in [3.63, 3.8) is 0 Å². The molecule has 1 heterocycles. The summed E-state index contributed by atoms with van der Waals surface area (Å²) < 4.78 is 5.54. The van der Waals surface area contributed by atoms with Crippen molar-refractivity contribution in [2.75, 3.05) is 13.2 Å². The van der Waals surface area contributed by atoms with Gasteiger partial charge in [-0.25, -0.2) is 0 Å². The van der Waals surface area contributed by atoms with Gasteiger partial charge in [0.15, 0.2) is 0 Å². The Bertz CT molecular complexity index is 447. The van der Waals surface area contributed by atoms with E-state index in [2.05, 4.69) is 0 Å². The van der Waals surface area contributed by atoms with E-state index in [1.807, 2.05) is 30.3 Å². The van der Waals surface area contributed by atoms with Crippen LogP contribution in [0.5, 0.6) is 0 Å². The number of hydrogen-bond acceptors (Lipinski definition) is 3. The van der Waals surface area contributed by atoms with Crippen molar-refractivity contribution in [3.8, 4) is 0 Å². The van der Waals surface area contributed by atoms with E-state index in [-0.39, 0.29) is 12.0 Å². The lowest BCUT2D eigenvalue weighted by Gasteiger charge is -2.30. The second-order valence-corrected chi connectivity index (χ2v) is 6.39. The van der Waals surface area contributed by atoms with E-state index >= 15 is 0 Å². The predicted molar refractivity (Wildman–Crippen MR) is 81.7 cm³/mol. The third-order valence-electron chi connectivity index (χ3n) is 3.57. The van der Waals surface area contributed by atoms with Crippen LogP contribution < -0.4 is 0 Å². The highest BCUT2D eigenvalue weighted by Crippen LogP contribution is 2.18. The van der Waals surface area contributed by atoms with E-state index in [9.17, 15) is 9.90 Å². The van der Waals surface area contributed by atoms with Crippen molar-refractivity contribution in [1.29, 1.82) is 0 Å². The lowest BCUT2D eigenvalue weighted by Crippen LogP contribution is -2.42. The fourth-order valence-electron chi connectivity index (χ4n) is 2.63. The molecule has 1 aliphatic heterocycles. The molecule has 1 aromatic rings. The van der Waals surface area contributed by atoms with Gasteiger partial charge in [0, 0.05) is 19.7 Å². The van der Waals surface area contributed by atoms with Gasteiger partial charge in [0.25, 0.3) is 0 Å². The van der Waals surface area contributed by atoms with Gasteiger partial charge >= 0.3 is 0 Å². The fourth-order valence-corrected chi connectivity index (χ4v) is 2.63. The number of aliphatic hydroxyl groups is 1. The zero-order valence-corrected chi connectivity index (χ0v) is 12.9. The van der Waals surface area contributed by atoms with Gasteiger partial charge in [-0.1, -0.05) is 30.3 Å². The van der Waals surface area contributed by atoms with Crippen LogP contribution in [0.3, 0.4) is 0 Å². The Kier molecular flexibility index (Phi) is 5.37. The Balaban J connectivity index is 2.01. The minimum Gasteiger partial charge on any atom is -0.389 e. The molecule has 0 aliphatic carbocycles. The smallest absolute Gasteiger partial charge is 0.225 e. The van der Waals surface area contributed by atoms with Crippen molar-refractivity contribution in [2.24, 2.45) is 0 Å². The van der Waals surface area contributed by atoms with Gasteiger partial charge in [-0.05, 0) is 32.3 Å². The summed E-state index contributed by atoms with van der Waals surface area (Å²) in [5.74, 6) is 0.0490. The fraction of sp³-hybridized carbons (Fsp3) is 0.588. The summed E-state index contributed by atoms with van der Waals surface area (Å²) in [6.45, 7) is 5.06. The SMILES string of the molecule is CC(C)(O)CN(Cc1ccccc1)C(=O)CC1CCCO1. The molecule has 116 valence electrons. The molecule has 1 fully saturated rings. The van der Waals surface area contributed by atoms with E-state index < -0.39 is 5.60 Å². The molecule has 1 atom stereocenters. The minimum absolute atomic E-state index is 0.0394. The second-order valence-electron chi connectivity index (χ2n) is 6.39. The van der Waals surface area contributed by atoms with Crippen LogP contribution in [0.15, 0.2) is 30.3 Å². The van der Waals surface area contributed by atoms with E-state index in [0.29, 0.717) is 19.5 Å². The van der Waals surface area contributed by atoms with Crippen LogP contribution in [0.1, 0.15) is 38.7 Å². The first-order chi connectivity index (χ1) is 9.94. The molecule has 4 heteroatoms. The molecular formula is C17H25NO3. The van der Waals surface area contributed by atoms with Gasteiger partial charge < -0.3 is 14.7 Å². The Morgan fingerprint density at radius 1 is 1.38 bits per heavy atom. The summed E-state index contributed by atoms with van der Waals surface area (Å²) in [7, 11) is 0. The number of carbonyl (C=O) groups excluding carboxylic acids is 1. The molecule has 1 saturated heterocycles. The number of benzene rings is 1. The van der Waals surface area contributed by atoms with Crippen molar-refractivity contribution < 1.29 is 14.6 Å². The molecule has 4 nitrogen and oxygen atoms in total. The molecule has 1 aliphatic rings. The highest BCUT2D eigenvalue weighted by molar-refractivity contribution is 5.76.